The number of nitrogens with zero attached hydrogens (tertiary/aromatic N) is 2. The quantitative estimate of drug-likeness (QED) is 0.864. The molecule has 2 atom stereocenters. The fourth-order valence-corrected chi connectivity index (χ4v) is 3.11. The molecule has 5 nitrogen and oxygen atoms in total. The number of carbonyl (C=O) groups is 1. The number of rotatable bonds is 5. The summed E-state index contributed by atoms with van der Waals surface area (Å²) < 4.78 is 0. The average molecular weight is 277 g/mol. The molecule has 0 spiro atoms. The SMILES string of the molecule is CC(C)C1CCCCC1NCc1ncncc1C(=O)O. The summed E-state index contributed by atoms with van der Waals surface area (Å²) in [5.41, 5.74) is 0.762. The van der Waals surface area contributed by atoms with Gasteiger partial charge in [0, 0.05) is 18.8 Å². The third-order valence-electron chi connectivity index (χ3n) is 4.23. The van der Waals surface area contributed by atoms with Crippen LogP contribution < -0.4 is 5.32 Å². The van der Waals surface area contributed by atoms with Crippen molar-refractivity contribution < 1.29 is 9.90 Å². The van der Waals surface area contributed by atoms with Crippen molar-refractivity contribution >= 4 is 5.97 Å². The number of nitrogens with one attached hydrogen (secondary N) is 1. The van der Waals surface area contributed by atoms with Crippen LogP contribution in [0.15, 0.2) is 12.5 Å². The first-order valence-electron chi connectivity index (χ1n) is 7.35. The van der Waals surface area contributed by atoms with Gasteiger partial charge in [-0.25, -0.2) is 14.8 Å². The van der Waals surface area contributed by atoms with Gasteiger partial charge in [0.25, 0.3) is 0 Å². The molecule has 1 heterocycles. The Morgan fingerprint density at radius 2 is 2.20 bits per heavy atom. The summed E-state index contributed by atoms with van der Waals surface area (Å²) in [5.74, 6) is 0.350. The van der Waals surface area contributed by atoms with Gasteiger partial charge in [0.15, 0.2) is 0 Å². The predicted molar refractivity (Wildman–Crippen MR) is 76.4 cm³/mol. The number of carboxylic acid groups (broad SMARTS) is 1. The second kappa shape index (κ2) is 6.79. The van der Waals surface area contributed by atoms with E-state index in [1.54, 1.807) is 0 Å². The van der Waals surface area contributed by atoms with Crippen LogP contribution >= 0.6 is 0 Å². The van der Waals surface area contributed by atoms with Gasteiger partial charge in [-0.2, -0.15) is 0 Å². The van der Waals surface area contributed by atoms with E-state index in [2.05, 4.69) is 29.1 Å². The maximum atomic E-state index is 11.1. The molecule has 0 radical (unpaired) electrons. The molecular formula is C15H23N3O2. The summed E-state index contributed by atoms with van der Waals surface area (Å²) in [6, 6.07) is 0.459. The van der Waals surface area contributed by atoms with Gasteiger partial charge in [-0.3, -0.25) is 0 Å². The van der Waals surface area contributed by atoms with Gasteiger partial charge in [-0.05, 0) is 24.7 Å². The summed E-state index contributed by atoms with van der Waals surface area (Å²) >= 11 is 0. The lowest BCUT2D eigenvalue weighted by Gasteiger charge is -2.35. The van der Waals surface area contributed by atoms with Crippen LogP contribution in [-0.4, -0.2) is 27.1 Å². The Labute approximate surface area is 119 Å². The molecule has 1 aromatic heterocycles. The molecule has 0 amide bonds. The van der Waals surface area contributed by atoms with Crippen LogP contribution in [0.4, 0.5) is 0 Å². The van der Waals surface area contributed by atoms with Crippen molar-refractivity contribution in [3.05, 3.63) is 23.8 Å². The highest BCUT2D eigenvalue weighted by Gasteiger charge is 2.27. The van der Waals surface area contributed by atoms with Crippen LogP contribution in [0.5, 0.6) is 0 Å². The molecule has 2 N–H and O–H groups in total. The molecule has 1 saturated carbocycles. The second-order valence-corrected chi connectivity index (χ2v) is 5.87. The van der Waals surface area contributed by atoms with E-state index in [4.69, 9.17) is 5.11 Å². The number of aromatic carboxylic acids is 1. The van der Waals surface area contributed by atoms with E-state index < -0.39 is 5.97 Å². The van der Waals surface area contributed by atoms with Gasteiger partial charge >= 0.3 is 5.97 Å². The Kier molecular flexibility index (Phi) is 5.06. The van der Waals surface area contributed by atoms with Crippen molar-refractivity contribution in [2.45, 2.75) is 52.1 Å². The maximum Gasteiger partial charge on any atom is 0.339 e. The van der Waals surface area contributed by atoms with Crippen molar-refractivity contribution in [2.75, 3.05) is 0 Å². The Balaban J connectivity index is 2.02. The molecule has 0 bridgehead atoms. The van der Waals surface area contributed by atoms with Crippen LogP contribution in [0.1, 0.15) is 55.6 Å². The first kappa shape index (κ1) is 14.9. The zero-order valence-electron chi connectivity index (χ0n) is 12.2. The van der Waals surface area contributed by atoms with E-state index in [1.165, 1.54) is 31.8 Å². The maximum absolute atomic E-state index is 11.1. The van der Waals surface area contributed by atoms with Crippen molar-refractivity contribution in [1.82, 2.24) is 15.3 Å². The van der Waals surface area contributed by atoms with Gasteiger partial charge in [0.05, 0.1) is 5.69 Å². The lowest BCUT2D eigenvalue weighted by molar-refractivity contribution is 0.0694. The molecule has 0 aromatic carbocycles. The standard InChI is InChI=1S/C15H23N3O2/c1-10(2)11-5-3-4-6-13(11)17-8-14-12(15(19)20)7-16-9-18-14/h7,9-11,13,17H,3-6,8H2,1-2H3,(H,19,20). The summed E-state index contributed by atoms with van der Waals surface area (Å²) in [6.07, 6.45) is 7.74. The fraction of sp³-hybridized carbons (Fsp3) is 0.667. The van der Waals surface area contributed by atoms with Crippen molar-refractivity contribution in [1.29, 1.82) is 0 Å². The van der Waals surface area contributed by atoms with Crippen LogP contribution in [0.2, 0.25) is 0 Å². The van der Waals surface area contributed by atoms with Gasteiger partial charge in [-0.1, -0.05) is 26.7 Å². The molecule has 0 aliphatic heterocycles. The van der Waals surface area contributed by atoms with Crippen LogP contribution in [0, 0.1) is 11.8 Å². The van der Waals surface area contributed by atoms with Gasteiger partial charge in [-0.15, -0.1) is 0 Å². The van der Waals surface area contributed by atoms with E-state index in [0.717, 1.165) is 6.42 Å². The minimum absolute atomic E-state index is 0.192. The van der Waals surface area contributed by atoms with E-state index in [0.29, 0.717) is 30.1 Å². The Morgan fingerprint density at radius 1 is 1.45 bits per heavy atom. The van der Waals surface area contributed by atoms with Crippen molar-refractivity contribution in [3.8, 4) is 0 Å². The second-order valence-electron chi connectivity index (χ2n) is 5.87. The van der Waals surface area contributed by atoms with Crippen molar-refractivity contribution in [3.63, 3.8) is 0 Å². The van der Waals surface area contributed by atoms with Crippen LogP contribution in [0.25, 0.3) is 0 Å². The number of hydrogen-bond donors (Lipinski definition) is 2. The highest BCUT2D eigenvalue weighted by atomic mass is 16.4. The van der Waals surface area contributed by atoms with E-state index >= 15 is 0 Å². The van der Waals surface area contributed by atoms with Gasteiger partial charge < -0.3 is 10.4 Å². The topological polar surface area (TPSA) is 75.1 Å². The minimum Gasteiger partial charge on any atom is -0.478 e. The first-order valence-corrected chi connectivity index (χ1v) is 7.35. The van der Waals surface area contributed by atoms with E-state index in [-0.39, 0.29) is 5.56 Å². The first-order chi connectivity index (χ1) is 9.59. The van der Waals surface area contributed by atoms with Gasteiger partial charge in [0.2, 0.25) is 0 Å². The van der Waals surface area contributed by atoms with E-state index in [1.807, 2.05) is 0 Å². The zero-order chi connectivity index (χ0) is 14.5. The molecule has 1 aliphatic carbocycles. The Bertz CT molecular complexity index is 462. The largest absolute Gasteiger partial charge is 0.478 e. The highest BCUT2D eigenvalue weighted by molar-refractivity contribution is 5.88. The summed E-state index contributed by atoms with van der Waals surface area (Å²) in [5, 5.41) is 12.6. The molecule has 2 rings (SSSR count). The summed E-state index contributed by atoms with van der Waals surface area (Å²) in [6.45, 7) is 5.02. The normalized spacial score (nSPS) is 22.9. The fourth-order valence-electron chi connectivity index (χ4n) is 3.11. The molecular weight excluding hydrogens is 254 g/mol. The number of aromatic nitrogens is 2. The molecule has 20 heavy (non-hydrogen) atoms. The molecule has 1 fully saturated rings. The molecule has 0 saturated heterocycles. The van der Waals surface area contributed by atoms with Crippen LogP contribution in [-0.2, 0) is 6.54 Å². The molecule has 1 aliphatic rings. The summed E-state index contributed by atoms with van der Waals surface area (Å²) in [7, 11) is 0. The summed E-state index contributed by atoms with van der Waals surface area (Å²) in [4.78, 5) is 19.0. The lowest BCUT2D eigenvalue weighted by Crippen LogP contribution is -2.40. The molecule has 2 unspecified atom stereocenters. The molecule has 1 aromatic rings. The smallest absolute Gasteiger partial charge is 0.339 e. The Morgan fingerprint density at radius 3 is 2.90 bits per heavy atom. The number of hydrogen-bond acceptors (Lipinski definition) is 4. The highest BCUT2D eigenvalue weighted by Crippen LogP contribution is 2.30. The minimum atomic E-state index is -0.966. The lowest BCUT2D eigenvalue weighted by atomic mass is 9.78. The number of carboxylic acids is 1. The van der Waals surface area contributed by atoms with E-state index in [9.17, 15) is 4.79 Å². The third kappa shape index (κ3) is 3.54. The van der Waals surface area contributed by atoms with Gasteiger partial charge in [0.1, 0.15) is 11.9 Å². The molecule has 5 heteroatoms. The molecule has 110 valence electrons. The van der Waals surface area contributed by atoms with Crippen molar-refractivity contribution in [2.24, 2.45) is 11.8 Å². The zero-order valence-corrected chi connectivity index (χ0v) is 12.2. The monoisotopic (exact) mass is 277 g/mol. The predicted octanol–water partition coefficient (Wildman–Crippen LogP) is 2.48. The average Bonchev–Trinajstić information content (AvgIpc) is 2.45. The Hall–Kier alpha value is -1.49. The third-order valence-corrected chi connectivity index (χ3v) is 4.23. The van der Waals surface area contributed by atoms with Crippen LogP contribution in [0.3, 0.4) is 0 Å².